The molecule has 3 heteroatoms. The summed E-state index contributed by atoms with van der Waals surface area (Å²) in [4.78, 5) is 7.65. The van der Waals surface area contributed by atoms with Crippen molar-refractivity contribution in [3.63, 3.8) is 0 Å². The van der Waals surface area contributed by atoms with Gasteiger partial charge in [0.15, 0.2) is 0 Å². The predicted molar refractivity (Wildman–Crippen MR) is 61.5 cm³/mol. The van der Waals surface area contributed by atoms with Crippen molar-refractivity contribution in [2.24, 2.45) is 0 Å². The number of hydrogen-bond acceptors (Lipinski definition) is 1. The third-order valence-corrected chi connectivity index (χ3v) is 2.92. The zero-order valence-electron chi connectivity index (χ0n) is 7.21. The van der Waals surface area contributed by atoms with Crippen LogP contribution in [0, 0.1) is 10.6 Å². The normalized spacial score (nSPS) is 10.3. The lowest BCUT2D eigenvalue weighted by Gasteiger charge is -1.93. The molecular weight excluding hydrogens is 275 g/mol. The van der Waals surface area contributed by atoms with E-state index in [2.05, 4.69) is 32.6 Å². The molecule has 2 aromatic rings. The standard InChI is InChI=1S/C10H9IN2/c1-7-9(11)13-10(12-7)8-5-3-2-4-6-8/h2-6H,1H3,(H,12,13). The molecule has 0 aliphatic carbocycles. The van der Waals surface area contributed by atoms with E-state index in [1.54, 1.807) is 0 Å². The van der Waals surface area contributed by atoms with Gasteiger partial charge in [0.05, 0.1) is 0 Å². The summed E-state index contributed by atoms with van der Waals surface area (Å²) in [5.74, 6) is 0.947. The zero-order valence-corrected chi connectivity index (χ0v) is 9.37. The van der Waals surface area contributed by atoms with Gasteiger partial charge in [-0.2, -0.15) is 0 Å². The molecule has 0 fully saturated rings. The van der Waals surface area contributed by atoms with Gasteiger partial charge in [-0.3, -0.25) is 0 Å². The first-order chi connectivity index (χ1) is 6.27. The van der Waals surface area contributed by atoms with Crippen LogP contribution in [0.25, 0.3) is 11.4 Å². The second-order valence-electron chi connectivity index (χ2n) is 2.87. The van der Waals surface area contributed by atoms with Crippen LogP contribution in [0.1, 0.15) is 5.69 Å². The number of benzene rings is 1. The highest BCUT2D eigenvalue weighted by atomic mass is 127. The molecule has 0 radical (unpaired) electrons. The minimum absolute atomic E-state index is 0.947. The van der Waals surface area contributed by atoms with E-state index in [4.69, 9.17) is 0 Å². The Morgan fingerprint density at radius 2 is 1.92 bits per heavy atom. The number of nitrogens with zero attached hydrogens (tertiary/aromatic N) is 1. The summed E-state index contributed by atoms with van der Waals surface area (Å²) < 4.78 is 1.04. The lowest BCUT2D eigenvalue weighted by atomic mass is 10.2. The van der Waals surface area contributed by atoms with E-state index in [1.807, 2.05) is 37.3 Å². The Morgan fingerprint density at radius 1 is 1.23 bits per heavy atom. The molecular formula is C10H9IN2. The average Bonchev–Trinajstić information content (AvgIpc) is 2.49. The van der Waals surface area contributed by atoms with E-state index in [0.717, 1.165) is 20.8 Å². The Bertz CT molecular complexity index is 387. The van der Waals surface area contributed by atoms with Crippen molar-refractivity contribution < 1.29 is 0 Å². The van der Waals surface area contributed by atoms with Crippen molar-refractivity contribution >= 4 is 22.6 Å². The van der Waals surface area contributed by atoms with Crippen molar-refractivity contribution in [1.29, 1.82) is 0 Å². The summed E-state index contributed by atoms with van der Waals surface area (Å²) in [6.45, 7) is 2.03. The van der Waals surface area contributed by atoms with Gasteiger partial charge in [0.25, 0.3) is 0 Å². The Kier molecular flexibility index (Phi) is 2.35. The molecule has 0 atom stereocenters. The SMILES string of the molecule is Cc1[nH]c(-c2ccccc2)nc1I. The first-order valence-electron chi connectivity index (χ1n) is 4.05. The van der Waals surface area contributed by atoms with Gasteiger partial charge in [-0.1, -0.05) is 30.3 Å². The fraction of sp³-hybridized carbons (Fsp3) is 0.100. The summed E-state index contributed by atoms with van der Waals surface area (Å²) >= 11 is 2.23. The number of rotatable bonds is 1. The summed E-state index contributed by atoms with van der Waals surface area (Å²) in [6, 6.07) is 10.1. The molecule has 2 rings (SSSR count). The number of imidazole rings is 1. The number of aromatic amines is 1. The van der Waals surface area contributed by atoms with Crippen LogP contribution >= 0.6 is 22.6 Å². The van der Waals surface area contributed by atoms with Gasteiger partial charge in [0, 0.05) is 11.3 Å². The second kappa shape index (κ2) is 3.49. The molecule has 0 aliphatic rings. The van der Waals surface area contributed by atoms with E-state index in [-0.39, 0.29) is 0 Å². The van der Waals surface area contributed by atoms with Gasteiger partial charge in [0.2, 0.25) is 0 Å². The highest BCUT2D eigenvalue weighted by Gasteiger charge is 2.04. The van der Waals surface area contributed by atoms with Gasteiger partial charge in [-0.25, -0.2) is 4.98 Å². The van der Waals surface area contributed by atoms with Crippen LogP contribution in [0.3, 0.4) is 0 Å². The molecule has 13 heavy (non-hydrogen) atoms. The minimum Gasteiger partial charge on any atom is -0.341 e. The molecule has 1 N–H and O–H groups in total. The molecule has 1 aromatic carbocycles. The maximum Gasteiger partial charge on any atom is 0.138 e. The molecule has 66 valence electrons. The van der Waals surface area contributed by atoms with Gasteiger partial charge in [-0.15, -0.1) is 0 Å². The number of aryl methyl sites for hydroxylation is 1. The van der Waals surface area contributed by atoms with Crippen molar-refractivity contribution in [2.45, 2.75) is 6.92 Å². The van der Waals surface area contributed by atoms with E-state index in [1.165, 1.54) is 0 Å². The maximum absolute atomic E-state index is 4.41. The first-order valence-corrected chi connectivity index (χ1v) is 5.13. The predicted octanol–water partition coefficient (Wildman–Crippen LogP) is 2.99. The monoisotopic (exact) mass is 284 g/mol. The molecule has 2 nitrogen and oxygen atoms in total. The molecule has 0 bridgehead atoms. The van der Waals surface area contributed by atoms with Crippen LogP contribution < -0.4 is 0 Å². The smallest absolute Gasteiger partial charge is 0.138 e. The number of halogens is 1. The summed E-state index contributed by atoms with van der Waals surface area (Å²) in [7, 11) is 0. The number of hydrogen-bond donors (Lipinski definition) is 1. The van der Waals surface area contributed by atoms with Gasteiger partial charge in [0.1, 0.15) is 9.53 Å². The average molecular weight is 284 g/mol. The molecule has 1 aromatic heterocycles. The van der Waals surface area contributed by atoms with Gasteiger partial charge >= 0.3 is 0 Å². The summed E-state index contributed by atoms with van der Waals surface area (Å²) in [5, 5.41) is 0. The molecule has 0 unspecified atom stereocenters. The van der Waals surface area contributed by atoms with E-state index in [0.29, 0.717) is 0 Å². The van der Waals surface area contributed by atoms with Gasteiger partial charge < -0.3 is 4.98 Å². The van der Waals surface area contributed by atoms with Crippen LogP contribution in [0.4, 0.5) is 0 Å². The topological polar surface area (TPSA) is 28.7 Å². The third-order valence-electron chi connectivity index (χ3n) is 1.87. The summed E-state index contributed by atoms with van der Waals surface area (Å²) in [5.41, 5.74) is 2.26. The van der Waals surface area contributed by atoms with Crippen LogP contribution in [0.15, 0.2) is 30.3 Å². The first kappa shape index (κ1) is 8.74. The van der Waals surface area contributed by atoms with Crippen molar-refractivity contribution in [3.05, 3.63) is 39.7 Å². The maximum atomic E-state index is 4.41. The quantitative estimate of drug-likeness (QED) is 0.801. The second-order valence-corrected chi connectivity index (χ2v) is 3.89. The van der Waals surface area contributed by atoms with Crippen molar-refractivity contribution in [1.82, 2.24) is 9.97 Å². The Labute approximate surface area is 90.5 Å². The Morgan fingerprint density at radius 3 is 2.46 bits per heavy atom. The largest absolute Gasteiger partial charge is 0.341 e. The van der Waals surface area contributed by atoms with Gasteiger partial charge in [-0.05, 0) is 29.5 Å². The van der Waals surface area contributed by atoms with Crippen molar-refractivity contribution in [2.75, 3.05) is 0 Å². The highest BCUT2D eigenvalue weighted by Crippen LogP contribution is 2.18. The highest BCUT2D eigenvalue weighted by molar-refractivity contribution is 14.1. The fourth-order valence-electron chi connectivity index (χ4n) is 1.17. The molecule has 0 saturated carbocycles. The Hall–Kier alpha value is -0.840. The minimum atomic E-state index is 0.947. The molecule has 1 heterocycles. The lowest BCUT2D eigenvalue weighted by Crippen LogP contribution is -1.78. The van der Waals surface area contributed by atoms with E-state index in [9.17, 15) is 0 Å². The zero-order chi connectivity index (χ0) is 9.26. The molecule has 0 saturated heterocycles. The fourth-order valence-corrected chi connectivity index (χ4v) is 1.55. The van der Waals surface area contributed by atoms with Crippen LogP contribution in [-0.2, 0) is 0 Å². The molecule has 0 amide bonds. The lowest BCUT2D eigenvalue weighted by molar-refractivity contribution is 1.25. The number of H-pyrrole nitrogens is 1. The molecule has 0 spiro atoms. The van der Waals surface area contributed by atoms with Crippen LogP contribution in [0.2, 0.25) is 0 Å². The van der Waals surface area contributed by atoms with Crippen molar-refractivity contribution in [3.8, 4) is 11.4 Å². The third kappa shape index (κ3) is 1.75. The summed E-state index contributed by atoms with van der Waals surface area (Å²) in [6.07, 6.45) is 0. The number of nitrogens with one attached hydrogen (secondary N) is 1. The van der Waals surface area contributed by atoms with Crippen LogP contribution in [-0.4, -0.2) is 9.97 Å². The number of aromatic nitrogens is 2. The van der Waals surface area contributed by atoms with E-state index < -0.39 is 0 Å². The Balaban J connectivity index is 2.48. The molecule has 0 aliphatic heterocycles. The van der Waals surface area contributed by atoms with E-state index >= 15 is 0 Å². The van der Waals surface area contributed by atoms with Crippen LogP contribution in [0.5, 0.6) is 0 Å².